The van der Waals surface area contributed by atoms with E-state index >= 15 is 0 Å². The van der Waals surface area contributed by atoms with Crippen LogP contribution < -0.4 is 11.1 Å². The second-order valence-electron chi connectivity index (χ2n) is 3.98. The van der Waals surface area contributed by atoms with E-state index < -0.39 is 0 Å². The van der Waals surface area contributed by atoms with Crippen LogP contribution in [-0.4, -0.2) is 18.5 Å². The molecule has 0 aromatic rings. The maximum absolute atomic E-state index is 11.6. The van der Waals surface area contributed by atoms with Crippen molar-refractivity contribution in [2.45, 2.75) is 45.1 Å². The fraction of sp³-hybridized carbons (Fsp3) is 0.900. The topological polar surface area (TPSA) is 55.1 Å². The molecule has 0 radical (unpaired) electrons. The highest BCUT2D eigenvalue weighted by molar-refractivity contribution is 5.85. The lowest BCUT2D eigenvalue weighted by Gasteiger charge is -2.22. The van der Waals surface area contributed by atoms with E-state index in [1.807, 2.05) is 6.92 Å². The van der Waals surface area contributed by atoms with Crippen LogP contribution in [0.5, 0.6) is 0 Å². The molecule has 0 unspecified atom stereocenters. The molecule has 1 amide bonds. The molecule has 3 nitrogen and oxygen atoms in total. The van der Waals surface area contributed by atoms with Crippen LogP contribution in [0.15, 0.2) is 0 Å². The molecule has 1 atom stereocenters. The Hall–Kier alpha value is -0.280. The zero-order valence-electron chi connectivity index (χ0n) is 8.79. The smallest absolute Gasteiger partial charge is 0.223 e. The van der Waals surface area contributed by atoms with Gasteiger partial charge in [0.1, 0.15) is 0 Å². The molecule has 0 saturated heterocycles. The molecule has 1 aliphatic carbocycles. The van der Waals surface area contributed by atoms with Crippen molar-refractivity contribution in [3.63, 3.8) is 0 Å². The Balaban J connectivity index is 0.00000169. The van der Waals surface area contributed by atoms with Crippen LogP contribution in [0.1, 0.15) is 39.0 Å². The summed E-state index contributed by atoms with van der Waals surface area (Å²) >= 11 is 0. The first-order valence-corrected chi connectivity index (χ1v) is 5.24. The quantitative estimate of drug-likeness (QED) is 0.757. The molecule has 4 heteroatoms. The van der Waals surface area contributed by atoms with Crippen LogP contribution in [0.3, 0.4) is 0 Å². The lowest BCUT2D eigenvalue weighted by molar-refractivity contribution is -0.126. The molecule has 0 aromatic carbocycles. The number of carbonyl (C=O) groups is 1. The zero-order chi connectivity index (χ0) is 9.68. The summed E-state index contributed by atoms with van der Waals surface area (Å²) in [5.41, 5.74) is 5.44. The normalized spacial score (nSPS) is 19.6. The number of carbonyl (C=O) groups excluding carboxylic acids is 1. The minimum absolute atomic E-state index is 0. The van der Waals surface area contributed by atoms with Gasteiger partial charge in [0.15, 0.2) is 0 Å². The lowest BCUT2D eigenvalue weighted by Crippen LogP contribution is -2.41. The minimum atomic E-state index is 0. The average molecular weight is 221 g/mol. The summed E-state index contributed by atoms with van der Waals surface area (Å²) in [6, 6.07) is 0.120. The van der Waals surface area contributed by atoms with Gasteiger partial charge in [0.25, 0.3) is 0 Å². The summed E-state index contributed by atoms with van der Waals surface area (Å²) in [6.45, 7) is 2.47. The Morgan fingerprint density at radius 2 is 2.00 bits per heavy atom. The average Bonchev–Trinajstić information content (AvgIpc) is 2.19. The number of rotatable bonds is 3. The molecular weight excluding hydrogens is 200 g/mol. The third-order valence-electron chi connectivity index (χ3n) is 2.72. The molecule has 0 heterocycles. The summed E-state index contributed by atoms with van der Waals surface area (Å²) in [6.07, 6.45) is 5.81. The van der Waals surface area contributed by atoms with Gasteiger partial charge in [-0.3, -0.25) is 4.79 Å². The fourth-order valence-electron chi connectivity index (χ4n) is 1.78. The highest BCUT2D eigenvalue weighted by Crippen LogP contribution is 2.23. The summed E-state index contributed by atoms with van der Waals surface area (Å²) < 4.78 is 0. The van der Waals surface area contributed by atoms with E-state index in [1.54, 1.807) is 0 Å². The second-order valence-corrected chi connectivity index (χ2v) is 3.98. The van der Waals surface area contributed by atoms with Gasteiger partial charge in [-0.1, -0.05) is 19.3 Å². The summed E-state index contributed by atoms with van der Waals surface area (Å²) in [7, 11) is 0. The summed E-state index contributed by atoms with van der Waals surface area (Å²) in [5, 5.41) is 2.94. The number of nitrogens with one attached hydrogen (secondary N) is 1. The highest BCUT2D eigenvalue weighted by Gasteiger charge is 2.21. The molecule has 3 N–H and O–H groups in total. The standard InChI is InChI=1S/C10H20N2O.ClH/c1-8(7-11)12-10(13)9-5-3-2-4-6-9;/h8-9H,2-7,11H2,1H3,(H,12,13);1H/t8-;/m0./s1. The van der Waals surface area contributed by atoms with Gasteiger partial charge in [0.05, 0.1) is 0 Å². The minimum Gasteiger partial charge on any atom is -0.352 e. The van der Waals surface area contributed by atoms with E-state index in [-0.39, 0.29) is 30.3 Å². The van der Waals surface area contributed by atoms with Crippen LogP contribution in [0.4, 0.5) is 0 Å². The molecule has 0 bridgehead atoms. The van der Waals surface area contributed by atoms with Crippen LogP contribution in [0.2, 0.25) is 0 Å². The van der Waals surface area contributed by atoms with E-state index in [0.717, 1.165) is 12.8 Å². The van der Waals surface area contributed by atoms with Gasteiger partial charge in [-0.2, -0.15) is 0 Å². The largest absolute Gasteiger partial charge is 0.352 e. The predicted molar refractivity (Wildman–Crippen MR) is 60.5 cm³/mol. The Morgan fingerprint density at radius 1 is 1.43 bits per heavy atom. The van der Waals surface area contributed by atoms with Gasteiger partial charge in [0, 0.05) is 18.5 Å². The number of amides is 1. The molecule has 14 heavy (non-hydrogen) atoms. The molecule has 0 aromatic heterocycles. The van der Waals surface area contributed by atoms with Gasteiger partial charge < -0.3 is 11.1 Å². The number of nitrogens with two attached hydrogens (primary N) is 1. The van der Waals surface area contributed by atoms with Crippen molar-refractivity contribution < 1.29 is 4.79 Å². The van der Waals surface area contributed by atoms with Gasteiger partial charge in [-0.15, -0.1) is 12.4 Å². The number of hydrogen-bond donors (Lipinski definition) is 2. The second kappa shape index (κ2) is 7.07. The van der Waals surface area contributed by atoms with Crippen molar-refractivity contribution in [2.24, 2.45) is 11.7 Å². The highest BCUT2D eigenvalue weighted by atomic mass is 35.5. The lowest BCUT2D eigenvalue weighted by atomic mass is 9.88. The third kappa shape index (κ3) is 4.29. The summed E-state index contributed by atoms with van der Waals surface area (Å²) in [5.74, 6) is 0.459. The van der Waals surface area contributed by atoms with E-state index in [0.29, 0.717) is 6.54 Å². The molecule has 1 rings (SSSR count). The number of halogens is 1. The third-order valence-corrected chi connectivity index (χ3v) is 2.72. The van der Waals surface area contributed by atoms with Gasteiger partial charge in [0.2, 0.25) is 5.91 Å². The van der Waals surface area contributed by atoms with Crippen LogP contribution in [-0.2, 0) is 4.79 Å². The van der Waals surface area contributed by atoms with Gasteiger partial charge >= 0.3 is 0 Å². The van der Waals surface area contributed by atoms with E-state index in [2.05, 4.69) is 5.32 Å². The Labute approximate surface area is 92.2 Å². The van der Waals surface area contributed by atoms with Crippen molar-refractivity contribution in [3.05, 3.63) is 0 Å². The SMILES string of the molecule is C[C@@H](CN)NC(=O)C1CCCCC1.Cl. The van der Waals surface area contributed by atoms with Gasteiger partial charge in [-0.05, 0) is 19.8 Å². The zero-order valence-corrected chi connectivity index (χ0v) is 9.61. The first-order chi connectivity index (χ1) is 6.24. The molecule has 1 saturated carbocycles. The van der Waals surface area contributed by atoms with Crippen molar-refractivity contribution in [1.29, 1.82) is 0 Å². The number of hydrogen-bond acceptors (Lipinski definition) is 2. The van der Waals surface area contributed by atoms with Crippen LogP contribution >= 0.6 is 12.4 Å². The molecule has 84 valence electrons. The van der Waals surface area contributed by atoms with Crippen molar-refractivity contribution in [3.8, 4) is 0 Å². The molecule has 1 aliphatic rings. The van der Waals surface area contributed by atoms with Crippen molar-refractivity contribution in [2.75, 3.05) is 6.54 Å². The first kappa shape index (κ1) is 13.7. The summed E-state index contributed by atoms with van der Waals surface area (Å²) in [4.78, 5) is 11.6. The Bertz CT molecular complexity index is 170. The van der Waals surface area contributed by atoms with Gasteiger partial charge in [-0.25, -0.2) is 0 Å². The van der Waals surface area contributed by atoms with E-state index in [9.17, 15) is 4.79 Å². The van der Waals surface area contributed by atoms with Crippen molar-refractivity contribution >= 4 is 18.3 Å². The maximum Gasteiger partial charge on any atom is 0.223 e. The predicted octanol–water partition coefficient (Wildman–Crippen LogP) is 1.45. The first-order valence-electron chi connectivity index (χ1n) is 5.24. The van der Waals surface area contributed by atoms with E-state index in [4.69, 9.17) is 5.73 Å². The van der Waals surface area contributed by atoms with E-state index in [1.165, 1.54) is 19.3 Å². The molecular formula is C10H21ClN2O. The molecule has 1 fully saturated rings. The molecule has 0 aliphatic heterocycles. The van der Waals surface area contributed by atoms with Crippen LogP contribution in [0, 0.1) is 5.92 Å². The Kier molecular flexibility index (Phi) is 6.93. The fourth-order valence-corrected chi connectivity index (χ4v) is 1.78. The monoisotopic (exact) mass is 220 g/mol. The molecule has 0 spiro atoms. The Morgan fingerprint density at radius 3 is 2.50 bits per heavy atom. The maximum atomic E-state index is 11.6. The van der Waals surface area contributed by atoms with Crippen molar-refractivity contribution in [1.82, 2.24) is 5.32 Å². The van der Waals surface area contributed by atoms with Crippen LogP contribution in [0.25, 0.3) is 0 Å².